The topological polar surface area (TPSA) is 36.9 Å². The van der Waals surface area contributed by atoms with Crippen LogP contribution in [0.4, 0.5) is 0 Å². The molecule has 36 heavy (non-hydrogen) atoms. The van der Waals surface area contributed by atoms with E-state index in [2.05, 4.69) is 26.5 Å². The minimum Gasteiger partial charge on any atom is -1.00 e. The van der Waals surface area contributed by atoms with Crippen molar-refractivity contribution in [1.82, 2.24) is 0 Å². The Morgan fingerprint density at radius 3 is 0.944 bits per heavy atom. The van der Waals surface area contributed by atoms with Gasteiger partial charge in [0, 0.05) is 6.42 Å². The quantitative estimate of drug-likeness (QED) is 0.0741. The maximum absolute atomic E-state index is 6.38. The molecule has 0 heterocycles. The molecule has 0 aliphatic heterocycles. The molecule has 0 bridgehead atoms. The monoisotopic (exact) mass is 532 g/mol. The maximum atomic E-state index is 6.38. The smallest absolute Gasteiger partial charge is 0.188 e. The summed E-state index contributed by atoms with van der Waals surface area (Å²) in [4.78, 5) is 0. The standard InChI is InChI=1S/C33H69NO.ClH/c1-4-7-9-11-13-15-17-19-21-23-25-27-30-32(35-33(34)29-6-3)31-28-26-24-22-20-18-16-14-12-10-8-5-2;/h32-33H,4-31,34H2,1-3H3;1H. The summed E-state index contributed by atoms with van der Waals surface area (Å²) in [6, 6.07) is 0. The van der Waals surface area contributed by atoms with Crippen LogP contribution in [0.5, 0.6) is 0 Å². The van der Waals surface area contributed by atoms with Crippen LogP contribution in [0.15, 0.2) is 0 Å². The molecule has 0 aromatic heterocycles. The van der Waals surface area contributed by atoms with Gasteiger partial charge in [-0.1, -0.05) is 175 Å². The molecule has 0 aromatic carbocycles. The third-order valence-electron chi connectivity index (χ3n) is 7.75. The number of rotatable bonds is 30. The molecule has 0 spiro atoms. The van der Waals surface area contributed by atoms with Crippen LogP contribution in [0, 0.1) is 0 Å². The van der Waals surface area contributed by atoms with Crippen molar-refractivity contribution in [3.05, 3.63) is 0 Å². The average Bonchev–Trinajstić information content (AvgIpc) is 2.85. The fourth-order valence-corrected chi connectivity index (χ4v) is 5.37. The Kier molecular flexibility index (Phi) is 35.4. The summed E-state index contributed by atoms with van der Waals surface area (Å²) in [5.74, 6) is 0. The fourth-order valence-electron chi connectivity index (χ4n) is 5.37. The van der Waals surface area contributed by atoms with Crippen molar-refractivity contribution in [2.24, 2.45) is 0 Å². The van der Waals surface area contributed by atoms with Gasteiger partial charge in [-0.2, -0.15) is 0 Å². The molecule has 2 nitrogen and oxygen atoms in total. The minimum atomic E-state index is 0. The Morgan fingerprint density at radius 1 is 0.389 bits per heavy atom. The third-order valence-corrected chi connectivity index (χ3v) is 7.75. The van der Waals surface area contributed by atoms with Crippen molar-refractivity contribution in [2.45, 2.75) is 213 Å². The third kappa shape index (κ3) is 30.4. The largest absolute Gasteiger partial charge is 1.00 e. The highest BCUT2D eigenvalue weighted by Gasteiger charge is 2.15. The summed E-state index contributed by atoms with van der Waals surface area (Å²) in [6.45, 7) is 6.85. The first kappa shape index (κ1) is 38.4. The molecule has 0 fully saturated rings. The molecular weight excluding hydrogens is 462 g/mol. The lowest BCUT2D eigenvalue weighted by Gasteiger charge is -2.20. The second kappa shape index (κ2) is 33.2. The van der Waals surface area contributed by atoms with Gasteiger partial charge in [0.05, 0.1) is 6.10 Å². The lowest BCUT2D eigenvalue weighted by molar-refractivity contribution is -0.499. The highest BCUT2D eigenvalue weighted by molar-refractivity contribution is 4.61. The lowest BCUT2D eigenvalue weighted by Crippen LogP contribution is -3.00. The molecule has 0 saturated carbocycles. The van der Waals surface area contributed by atoms with Crippen molar-refractivity contribution in [3.8, 4) is 0 Å². The molecular formula is C33H70ClNO. The Morgan fingerprint density at radius 2 is 0.667 bits per heavy atom. The second-order valence-corrected chi connectivity index (χ2v) is 11.5. The van der Waals surface area contributed by atoms with E-state index in [-0.39, 0.29) is 18.6 Å². The van der Waals surface area contributed by atoms with Crippen LogP contribution in [0.2, 0.25) is 0 Å². The highest BCUT2D eigenvalue weighted by atomic mass is 35.5. The van der Waals surface area contributed by atoms with Gasteiger partial charge in [-0.15, -0.1) is 0 Å². The van der Waals surface area contributed by atoms with E-state index >= 15 is 0 Å². The zero-order chi connectivity index (χ0) is 25.7. The number of ether oxygens (including phenoxy) is 1. The Hall–Kier alpha value is 0.210. The number of unbranched alkanes of at least 4 members (excludes halogenated alkanes) is 22. The number of halogens is 1. The van der Waals surface area contributed by atoms with Crippen LogP contribution < -0.4 is 18.1 Å². The summed E-state index contributed by atoms with van der Waals surface area (Å²) in [5, 5.41) is 0. The summed E-state index contributed by atoms with van der Waals surface area (Å²) in [5.41, 5.74) is 4.26. The predicted octanol–water partition coefficient (Wildman–Crippen LogP) is 7.93. The molecule has 0 rings (SSSR count). The van der Waals surface area contributed by atoms with Crippen LogP contribution in [-0.2, 0) is 4.74 Å². The van der Waals surface area contributed by atoms with Gasteiger partial charge in [0.15, 0.2) is 6.23 Å². The number of hydrogen-bond donors (Lipinski definition) is 1. The average molecular weight is 532 g/mol. The van der Waals surface area contributed by atoms with Crippen molar-refractivity contribution in [2.75, 3.05) is 0 Å². The number of quaternary nitrogens is 1. The van der Waals surface area contributed by atoms with Gasteiger partial charge in [-0.05, 0) is 19.3 Å². The van der Waals surface area contributed by atoms with Gasteiger partial charge in [0.1, 0.15) is 0 Å². The normalized spacial score (nSPS) is 12.2. The van der Waals surface area contributed by atoms with Crippen LogP contribution in [-0.4, -0.2) is 12.3 Å². The molecule has 0 saturated heterocycles. The van der Waals surface area contributed by atoms with E-state index in [1.807, 2.05) is 0 Å². The Bertz CT molecular complexity index is 351. The van der Waals surface area contributed by atoms with Gasteiger partial charge in [-0.3, -0.25) is 0 Å². The van der Waals surface area contributed by atoms with Crippen molar-refractivity contribution in [3.63, 3.8) is 0 Å². The highest BCUT2D eigenvalue weighted by Crippen LogP contribution is 2.19. The first-order valence-corrected chi connectivity index (χ1v) is 16.7. The van der Waals surface area contributed by atoms with E-state index in [9.17, 15) is 0 Å². The summed E-state index contributed by atoms with van der Waals surface area (Å²) < 4.78 is 6.38. The number of hydrogen-bond acceptors (Lipinski definition) is 1. The molecule has 0 amide bonds. The van der Waals surface area contributed by atoms with Crippen LogP contribution in [0.1, 0.15) is 201 Å². The zero-order valence-corrected chi connectivity index (χ0v) is 26.2. The van der Waals surface area contributed by atoms with Gasteiger partial charge in [0.25, 0.3) is 0 Å². The molecule has 0 aromatic rings. The van der Waals surface area contributed by atoms with E-state index in [0.29, 0.717) is 6.10 Å². The van der Waals surface area contributed by atoms with Crippen molar-refractivity contribution >= 4 is 0 Å². The van der Waals surface area contributed by atoms with E-state index in [4.69, 9.17) is 4.74 Å². The predicted molar refractivity (Wildman–Crippen MR) is 158 cm³/mol. The van der Waals surface area contributed by atoms with Gasteiger partial charge in [-0.25, -0.2) is 0 Å². The molecule has 0 aliphatic carbocycles. The minimum absolute atomic E-state index is 0. The van der Waals surface area contributed by atoms with Gasteiger partial charge >= 0.3 is 0 Å². The molecule has 0 radical (unpaired) electrons. The summed E-state index contributed by atoms with van der Waals surface area (Å²) >= 11 is 0. The molecule has 220 valence electrons. The SMILES string of the molecule is CCCCCCCCCCCCCCC(CCCCCCCCCCCCCC)OC([NH3+])CCC.[Cl-]. The summed E-state index contributed by atoms with van der Waals surface area (Å²) in [6.07, 6.45) is 39.7. The van der Waals surface area contributed by atoms with Crippen LogP contribution >= 0.6 is 0 Å². The maximum Gasteiger partial charge on any atom is 0.188 e. The zero-order valence-electron chi connectivity index (χ0n) is 25.4. The van der Waals surface area contributed by atoms with Gasteiger partial charge in [0.2, 0.25) is 0 Å². The van der Waals surface area contributed by atoms with E-state index in [1.165, 1.54) is 173 Å². The fraction of sp³-hybridized carbons (Fsp3) is 1.00. The Balaban J connectivity index is 0. The second-order valence-electron chi connectivity index (χ2n) is 11.5. The lowest BCUT2D eigenvalue weighted by atomic mass is 10.0. The molecule has 3 heteroatoms. The van der Waals surface area contributed by atoms with Crippen molar-refractivity contribution in [1.29, 1.82) is 0 Å². The first-order chi connectivity index (χ1) is 17.2. The molecule has 1 unspecified atom stereocenters. The first-order valence-electron chi connectivity index (χ1n) is 16.7. The van der Waals surface area contributed by atoms with Gasteiger partial charge < -0.3 is 22.9 Å². The van der Waals surface area contributed by atoms with Crippen LogP contribution in [0.25, 0.3) is 0 Å². The molecule has 1 atom stereocenters. The molecule has 0 aliphatic rings. The summed E-state index contributed by atoms with van der Waals surface area (Å²) in [7, 11) is 0. The van der Waals surface area contributed by atoms with Crippen LogP contribution in [0.3, 0.4) is 0 Å². The van der Waals surface area contributed by atoms with Crippen molar-refractivity contribution < 1.29 is 22.9 Å². The van der Waals surface area contributed by atoms with E-state index in [1.54, 1.807) is 0 Å². The Labute approximate surface area is 235 Å². The van der Waals surface area contributed by atoms with E-state index in [0.717, 1.165) is 6.42 Å². The van der Waals surface area contributed by atoms with E-state index < -0.39 is 0 Å². The molecule has 3 N–H and O–H groups in total.